The molecule has 0 aliphatic heterocycles. The van der Waals surface area contributed by atoms with E-state index in [1.54, 1.807) is 47.9 Å². The molecule has 0 unspecified atom stereocenters. The van der Waals surface area contributed by atoms with E-state index in [-0.39, 0.29) is 24.4 Å². The number of nitrogens with one attached hydrogen (secondary N) is 1. The molecule has 7 heteroatoms. The van der Waals surface area contributed by atoms with E-state index in [1.807, 2.05) is 13.8 Å². The van der Waals surface area contributed by atoms with Gasteiger partial charge in [0.1, 0.15) is 12.3 Å². The lowest BCUT2D eigenvalue weighted by Crippen LogP contribution is -2.43. The highest BCUT2D eigenvalue weighted by Crippen LogP contribution is 2.17. The first-order valence-corrected chi connectivity index (χ1v) is 8.57. The third-order valence-corrected chi connectivity index (χ3v) is 4.38. The largest absolute Gasteiger partial charge is 0.497 e. The molecule has 24 heavy (non-hydrogen) atoms. The second-order valence-electron chi connectivity index (χ2n) is 5.31. The normalized spacial score (nSPS) is 11.6. The molecule has 1 atom stereocenters. The summed E-state index contributed by atoms with van der Waals surface area (Å²) in [5, 5.41) is 5.02. The van der Waals surface area contributed by atoms with Crippen LogP contribution in [0.5, 0.6) is 5.75 Å². The number of ether oxygens (including phenoxy) is 1. The van der Waals surface area contributed by atoms with Crippen molar-refractivity contribution in [1.82, 2.24) is 9.88 Å². The van der Waals surface area contributed by atoms with E-state index in [0.29, 0.717) is 16.4 Å². The van der Waals surface area contributed by atoms with Crippen LogP contribution in [0.3, 0.4) is 0 Å². The van der Waals surface area contributed by atoms with Crippen LogP contribution in [0.25, 0.3) is 0 Å². The van der Waals surface area contributed by atoms with Crippen molar-refractivity contribution in [2.24, 2.45) is 0 Å². The van der Waals surface area contributed by atoms with Crippen LogP contribution < -0.4 is 10.1 Å². The number of hydrogen-bond acceptors (Lipinski definition) is 5. The summed E-state index contributed by atoms with van der Waals surface area (Å²) in [5.74, 6) is 0.149. The van der Waals surface area contributed by atoms with Crippen molar-refractivity contribution in [3.8, 4) is 5.75 Å². The van der Waals surface area contributed by atoms with Gasteiger partial charge in [-0.1, -0.05) is 13.0 Å². The zero-order chi connectivity index (χ0) is 17.5. The third kappa shape index (κ3) is 4.55. The summed E-state index contributed by atoms with van der Waals surface area (Å²) in [7, 11) is 1.55. The first kappa shape index (κ1) is 17.9. The fraction of sp³-hybridized carbons (Fsp3) is 0.353. The number of thiazole rings is 1. The number of amides is 2. The predicted octanol–water partition coefficient (Wildman–Crippen LogP) is 3.03. The Hall–Kier alpha value is -2.41. The molecule has 0 spiro atoms. The number of anilines is 1. The van der Waals surface area contributed by atoms with Crippen molar-refractivity contribution in [2.45, 2.75) is 26.3 Å². The molecule has 1 aromatic heterocycles. The minimum Gasteiger partial charge on any atom is -0.497 e. The molecule has 0 saturated heterocycles. The van der Waals surface area contributed by atoms with Gasteiger partial charge in [0.25, 0.3) is 5.91 Å². The molecule has 2 amide bonds. The topological polar surface area (TPSA) is 71.5 Å². The van der Waals surface area contributed by atoms with Crippen LogP contribution in [0.1, 0.15) is 30.6 Å². The minimum atomic E-state index is -0.263. The fourth-order valence-corrected chi connectivity index (χ4v) is 2.71. The first-order chi connectivity index (χ1) is 11.5. The molecule has 2 rings (SSSR count). The summed E-state index contributed by atoms with van der Waals surface area (Å²) < 4.78 is 5.17. The van der Waals surface area contributed by atoms with Gasteiger partial charge in [0.15, 0.2) is 5.13 Å². The van der Waals surface area contributed by atoms with Gasteiger partial charge in [-0.3, -0.25) is 9.59 Å². The summed E-state index contributed by atoms with van der Waals surface area (Å²) in [4.78, 5) is 30.7. The van der Waals surface area contributed by atoms with E-state index in [4.69, 9.17) is 4.74 Å². The average molecular weight is 347 g/mol. The molecule has 0 fully saturated rings. The number of benzene rings is 1. The van der Waals surface area contributed by atoms with Crippen molar-refractivity contribution >= 4 is 28.3 Å². The average Bonchev–Trinajstić information content (AvgIpc) is 3.11. The Bertz CT molecular complexity index is 688. The Balaban J connectivity index is 2.14. The Labute approximate surface area is 145 Å². The molecule has 0 aliphatic rings. The van der Waals surface area contributed by atoms with E-state index in [0.717, 1.165) is 6.42 Å². The van der Waals surface area contributed by atoms with Gasteiger partial charge < -0.3 is 15.0 Å². The van der Waals surface area contributed by atoms with Crippen LogP contribution in [0.4, 0.5) is 5.13 Å². The van der Waals surface area contributed by atoms with Crippen LogP contribution in [-0.4, -0.2) is 41.4 Å². The van der Waals surface area contributed by atoms with Crippen LogP contribution in [0.2, 0.25) is 0 Å². The molecule has 128 valence electrons. The zero-order valence-electron chi connectivity index (χ0n) is 14.0. The Kier molecular flexibility index (Phi) is 6.31. The third-order valence-electron chi connectivity index (χ3n) is 3.69. The molecular formula is C17H21N3O3S. The summed E-state index contributed by atoms with van der Waals surface area (Å²) in [6.45, 7) is 3.88. The molecule has 6 nitrogen and oxygen atoms in total. The maximum Gasteiger partial charge on any atom is 0.254 e. The smallest absolute Gasteiger partial charge is 0.254 e. The van der Waals surface area contributed by atoms with Crippen molar-refractivity contribution in [1.29, 1.82) is 0 Å². The van der Waals surface area contributed by atoms with Crippen LogP contribution in [0.15, 0.2) is 35.8 Å². The standard InChI is InChI=1S/C17H21N3O3S/c1-4-12(2)20(11-15(21)19-17-18-8-9-24-17)16(22)13-6-5-7-14(10-13)23-3/h5-10,12H,4,11H2,1-3H3,(H,18,19,21)/t12-/m1/s1. The summed E-state index contributed by atoms with van der Waals surface area (Å²) in [6.07, 6.45) is 2.37. The highest BCUT2D eigenvalue weighted by molar-refractivity contribution is 7.13. The second kappa shape index (κ2) is 8.44. The van der Waals surface area contributed by atoms with Crippen molar-refractivity contribution in [2.75, 3.05) is 19.0 Å². The SMILES string of the molecule is CC[C@@H](C)N(CC(=O)Nc1nccs1)C(=O)c1cccc(OC)c1. The number of carbonyl (C=O) groups is 2. The molecule has 2 aromatic rings. The lowest BCUT2D eigenvalue weighted by molar-refractivity contribution is -0.117. The molecule has 1 aromatic carbocycles. The number of carbonyl (C=O) groups excluding carboxylic acids is 2. The van der Waals surface area contributed by atoms with Gasteiger partial charge in [0.2, 0.25) is 5.91 Å². The Morgan fingerprint density at radius 3 is 2.83 bits per heavy atom. The molecule has 1 heterocycles. The molecule has 0 aliphatic carbocycles. The lowest BCUT2D eigenvalue weighted by atomic mass is 10.1. The number of methoxy groups -OCH3 is 1. The van der Waals surface area contributed by atoms with Crippen LogP contribution >= 0.6 is 11.3 Å². The summed E-state index contributed by atoms with van der Waals surface area (Å²) in [5.41, 5.74) is 0.497. The monoisotopic (exact) mass is 347 g/mol. The van der Waals surface area contributed by atoms with Gasteiger partial charge in [-0.15, -0.1) is 11.3 Å². The van der Waals surface area contributed by atoms with E-state index >= 15 is 0 Å². The van der Waals surface area contributed by atoms with E-state index in [1.165, 1.54) is 11.3 Å². The summed E-state index contributed by atoms with van der Waals surface area (Å²) >= 11 is 1.34. The van der Waals surface area contributed by atoms with E-state index in [2.05, 4.69) is 10.3 Å². The maximum atomic E-state index is 12.8. The Morgan fingerprint density at radius 1 is 1.42 bits per heavy atom. The van der Waals surface area contributed by atoms with Gasteiger partial charge >= 0.3 is 0 Å². The van der Waals surface area contributed by atoms with Gasteiger partial charge in [0.05, 0.1) is 7.11 Å². The Morgan fingerprint density at radius 2 is 2.21 bits per heavy atom. The predicted molar refractivity (Wildman–Crippen MR) is 94.5 cm³/mol. The van der Waals surface area contributed by atoms with E-state index in [9.17, 15) is 9.59 Å². The van der Waals surface area contributed by atoms with Crippen molar-refractivity contribution < 1.29 is 14.3 Å². The highest BCUT2D eigenvalue weighted by atomic mass is 32.1. The van der Waals surface area contributed by atoms with Crippen molar-refractivity contribution in [3.63, 3.8) is 0 Å². The number of aromatic nitrogens is 1. The molecule has 1 N–H and O–H groups in total. The van der Waals surface area contributed by atoms with Gasteiger partial charge in [0, 0.05) is 23.2 Å². The molecular weight excluding hydrogens is 326 g/mol. The minimum absolute atomic E-state index is 0.0232. The number of rotatable bonds is 7. The number of nitrogens with zero attached hydrogens (tertiary/aromatic N) is 2. The molecule has 0 saturated carbocycles. The van der Waals surface area contributed by atoms with Crippen LogP contribution in [-0.2, 0) is 4.79 Å². The fourth-order valence-electron chi connectivity index (χ4n) is 2.17. The molecule has 0 bridgehead atoms. The van der Waals surface area contributed by atoms with Gasteiger partial charge in [-0.2, -0.15) is 0 Å². The lowest BCUT2D eigenvalue weighted by Gasteiger charge is -2.28. The molecule has 0 radical (unpaired) electrons. The van der Waals surface area contributed by atoms with Gasteiger partial charge in [-0.05, 0) is 31.5 Å². The number of hydrogen-bond donors (Lipinski definition) is 1. The maximum absolute atomic E-state index is 12.8. The van der Waals surface area contributed by atoms with Crippen molar-refractivity contribution in [3.05, 3.63) is 41.4 Å². The highest BCUT2D eigenvalue weighted by Gasteiger charge is 2.23. The van der Waals surface area contributed by atoms with Gasteiger partial charge in [-0.25, -0.2) is 4.98 Å². The van der Waals surface area contributed by atoms with Crippen LogP contribution in [0, 0.1) is 0 Å². The van der Waals surface area contributed by atoms with E-state index < -0.39 is 0 Å². The first-order valence-electron chi connectivity index (χ1n) is 7.69. The second-order valence-corrected chi connectivity index (χ2v) is 6.20. The summed E-state index contributed by atoms with van der Waals surface area (Å²) in [6, 6.07) is 6.87. The quantitative estimate of drug-likeness (QED) is 0.836. The zero-order valence-corrected chi connectivity index (χ0v) is 14.8.